The first-order chi connectivity index (χ1) is 10.6. The van der Waals surface area contributed by atoms with E-state index < -0.39 is 23.5 Å². The summed E-state index contributed by atoms with van der Waals surface area (Å²) < 4.78 is 37.0. The number of nitrogens with one attached hydrogen (secondary N) is 1. The van der Waals surface area contributed by atoms with Crippen molar-refractivity contribution in [3.8, 4) is 0 Å². The summed E-state index contributed by atoms with van der Waals surface area (Å²) in [5.74, 6) is -2.28. The smallest absolute Gasteiger partial charge is 0.345 e. The Morgan fingerprint density at radius 3 is 2.17 bits per heavy atom. The van der Waals surface area contributed by atoms with Gasteiger partial charge >= 0.3 is 12.1 Å². The van der Waals surface area contributed by atoms with E-state index in [1.807, 2.05) is 5.32 Å². The zero-order valence-corrected chi connectivity index (χ0v) is 13.7. The molecule has 1 aliphatic heterocycles. The Morgan fingerprint density at radius 1 is 1.17 bits per heavy atom. The van der Waals surface area contributed by atoms with Gasteiger partial charge in [-0.15, -0.1) is 0 Å². The van der Waals surface area contributed by atoms with Crippen molar-refractivity contribution in [1.29, 1.82) is 0 Å². The van der Waals surface area contributed by atoms with E-state index in [0.29, 0.717) is 13.1 Å². The molecule has 0 spiro atoms. The number of carbonyl (C=O) groups excluding carboxylic acids is 2. The van der Waals surface area contributed by atoms with E-state index in [1.54, 1.807) is 18.7 Å². The number of likely N-dealkylation sites (N-methyl/N-ethyl adjacent to an activating group) is 1. The molecule has 0 unspecified atom stereocenters. The maximum atomic E-state index is 12.6. The van der Waals surface area contributed by atoms with Crippen LogP contribution in [-0.4, -0.2) is 66.6 Å². The Balaban J connectivity index is 1.91. The quantitative estimate of drug-likeness (QED) is 0.844. The molecule has 0 aromatic heterocycles. The van der Waals surface area contributed by atoms with Crippen LogP contribution < -0.4 is 5.32 Å². The van der Waals surface area contributed by atoms with Gasteiger partial charge in [0.15, 0.2) is 0 Å². The van der Waals surface area contributed by atoms with Gasteiger partial charge in [-0.25, -0.2) is 0 Å². The number of amides is 2. The minimum Gasteiger partial charge on any atom is -0.345 e. The topological polar surface area (TPSA) is 52.6 Å². The molecule has 0 bridgehead atoms. The molecule has 1 aliphatic carbocycles. The highest BCUT2D eigenvalue weighted by molar-refractivity contribution is 5.84. The van der Waals surface area contributed by atoms with Crippen molar-refractivity contribution in [3.63, 3.8) is 0 Å². The van der Waals surface area contributed by atoms with E-state index in [0.717, 1.165) is 19.6 Å². The Labute approximate surface area is 134 Å². The summed E-state index contributed by atoms with van der Waals surface area (Å²) in [6, 6.07) is -0.623. The summed E-state index contributed by atoms with van der Waals surface area (Å²) in [6.45, 7) is 9.44. The summed E-state index contributed by atoms with van der Waals surface area (Å²) in [6.07, 6.45) is -4.62. The first kappa shape index (κ1) is 18.0. The van der Waals surface area contributed by atoms with Gasteiger partial charge in [-0.1, -0.05) is 20.8 Å². The van der Waals surface area contributed by atoms with Crippen LogP contribution in [0.15, 0.2) is 0 Å². The van der Waals surface area contributed by atoms with Crippen molar-refractivity contribution in [2.75, 3.05) is 32.7 Å². The van der Waals surface area contributed by atoms with Gasteiger partial charge in [0.05, 0.1) is 0 Å². The molecule has 1 N–H and O–H groups in total. The van der Waals surface area contributed by atoms with E-state index in [4.69, 9.17) is 0 Å². The Hall–Kier alpha value is -1.31. The maximum absolute atomic E-state index is 12.6. The zero-order chi connectivity index (χ0) is 17.4. The van der Waals surface area contributed by atoms with E-state index in [2.05, 4.69) is 11.8 Å². The molecule has 2 aliphatic rings. The molecule has 2 rings (SSSR count). The van der Waals surface area contributed by atoms with Crippen molar-refractivity contribution in [3.05, 3.63) is 0 Å². The third kappa shape index (κ3) is 3.62. The minimum absolute atomic E-state index is 0.0109. The lowest BCUT2D eigenvalue weighted by atomic mass is 9.58. The summed E-state index contributed by atoms with van der Waals surface area (Å²) in [5, 5.41) is 2.01. The summed E-state index contributed by atoms with van der Waals surface area (Å²) >= 11 is 0. The first-order valence-electron chi connectivity index (χ1n) is 7.96. The SMILES string of the molecule is CCN1CCN(C(=O)[C@@H]2C[C@H](NC(=O)C(F)(F)F)C2(C)C)CC1. The number of carbonyl (C=O) groups is 2. The highest BCUT2D eigenvalue weighted by Gasteiger charge is 2.55. The molecular weight excluding hydrogens is 311 g/mol. The number of alkyl halides is 3. The minimum atomic E-state index is -4.89. The molecule has 2 amide bonds. The number of halogens is 3. The van der Waals surface area contributed by atoms with E-state index in [1.165, 1.54) is 0 Å². The normalized spacial score (nSPS) is 28.2. The molecule has 0 aromatic rings. The van der Waals surface area contributed by atoms with Crippen LogP contribution in [0.1, 0.15) is 27.2 Å². The lowest BCUT2D eigenvalue weighted by Crippen LogP contribution is -2.64. The highest BCUT2D eigenvalue weighted by atomic mass is 19.4. The largest absolute Gasteiger partial charge is 0.471 e. The Bertz CT molecular complexity index is 471. The summed E-state index contributed by atoms with van der Waals surface area (Å²) in [7, 11) is 0. The monoisotopic (exact) mass is 335 g/mol. The van der Waals surface area contributed by atoms with Crippen molar-refractivity contribution in [1.82, 2.24) is 15.1 Å². The van der Waals surface area contributed by atoms with Gasteiger partial charge in [0.2, 0.25) is 5.91 Å². The van der Waals surface area contributed by atoms with E-state index in [-0.39, 0.29) is 18.2 Å². The molecule has 1 heterocycles. The molecule has 1 saturated heterocycles. The molecule has 1 saturated carbocycles. The number of piperazine rings is 1. The standard InChI is InChI=1S/C15H24F3N3O2/c1-4-20-5-7-21(8-6-20)12(22)10-9-11(14(10,2)3)19-13(23)15(16,17)18/h10-11H,4-9H2,1-3H3,(H,19,23)/t10-,11-/m0/s1. The predicted octanol–water partition coefficient (Wildman–Crippen LogP) is 1.24. The first-order valence-corrected chi connectivity index (χ1v) is 7.96. The fourth-order valence-corrected chi connectivity index (χ4v) is 3.33. The summed E-state index contributed by atoms with van der Waals surface area (Å²) in [4.78, 5) is 27.7. The van der Waals surface area contributed by atoms with Crippen molar-refractivity contribution >= 4 is 11.8 Å². The van der Waals surface area contributed by atoms with E-state index >= 15 is 0 Å². The number of nitrogens with zero attached hydrogens (tertiary/aromatic N) is 2. The highest BCUT2D eigenvalue weighted by Crippen LogP contribution is 2.47. The van der Waals surface area contributed by atoms with Gasteiger partial charge in [0.1, 0.15) is 0 Å². The van der Waals surface area contributed by atoms with Crippen LogP contribution in [0.5, 0.6) is 0 Å². The van der Waals surface area contributed by atoms with Gasteiger partial charge in [0, 0.05) is 38.1 Å². The molecule has 132 valence electrons. The lowest BCUT2D eigenvalue weighted by Gasteiger charge is -2.53. The van der Waals surface area contributed by atoms with Crippen LogP contribution in [0.2, 0.25) is 0 Å². The number of rotatable bonds is 3. The fraction of sp³-hybridized carbons (Fsp3) is 0.867. The van der Waals surface area contributed by atoms with Gasteiger partial charge in [-0.3, -0.25) is 9.59 Å². The second-order valence-electron chi connectivity index (χ2n) is 6.89. The van der Waals surface area contributed by atoms with Crippen LogP contribution in [0.3, 0.4) is 0 Å². The van der Waals surface area contributed by atoms with Gasteiger partial charge in [-0.2, -0.15) is 13.2 Å². The van der Waals surface area contributed by atoms with Crippen LogP contribution in [-0.2, 0) is 9.59 Å². The summed E-state index contributed by atoms with van der Waals surface area (Å²) in [5.41, 5.74) is -0.667. The second kappa shape index (κ2) is 6.30. The molecule has 0 aromatic carbocycles. The zero-order valence-electron chi connectivity index (χ0n) is 13.7. The average Bonchev–Trinajstić information content (AvgIpc) is 2.49. The average molecular weight is 335 g/mol. The molecule has 5 nitrogen and oxygen atoms in total. The van der Waals surface area contributed by atoms with Gasteiger partial charge in [-0.05, 0) is 18.4 Å². The van der Waals surface area contributed by atoms with Crippen LogP contribution in [0.4, 0.5) is 13.2 Å². The van der Waals surface area contributed by atoms with Gasteiger partial charge in [0.25, 0.3) is 0 Å². The second-order valence-corrected chi connectivity index (χ2v) is 6.89. The molecule has 8 heteroatoms. The van der Waals surface area contributed by atoms with Crippen molar-refractivity contribution < 1.29 is 22.8 Å². The van der Waals surface area contributed by atoms with Crippen LogP contribution in [0.25, 0.3) is 0 Å². The van der Waals surface area contributed by atoms with Gasteiger partial charge < -0.3 is 15.1 Å². The maximum Gasteiger partial charge on any atom is 0.471 e. The van der Waals surface area contributed by atoms with E-state index in [9.17, 15) is 22.8 Å². The Kier molecular flexibility index (Phi) is 4.94. The lowest BCUT2D eigenvalue weighted by molar-refractivity contribution is -0.178. The number of hydrogen-bond acceptors (Lipinski definition) is 3. The predicted molar refractivity (Wildman–Crippen MR) is 78.6 cm³/mol. The van der Waals surface area contributed by atoms with Crippen molar-refractivity contribution in [2.45, 2.75) is 39.4 Å². The Morgan fingerprint density at radius 2 is 1.74 bits per heavy atom. The molecule has 0 radical (unpaired) electrons. The molecule has 2 fully saturated rings. The van der Waals surface area contributed by atoms with Crippen LogP contribution in [0, 0.1) is 11.3 Å². The van der Waals surface area contributed by atoms with Crippen LogP contribution >= 0.6 is 0 Å². The molecule has 2 atom stereocenters. The molecule has 23 heavy (non-hydrogen) atoms. The third-order valence-corrected chi connectivity index (χ3v) is 5.26. The molecular formula is C15H24F3N3O2. The fourth-order valence-electron chi connectivity index (χ4n) is 3.33. The third-order valence-electron chi connectivity index (χ3n) is 5.26. The number of hydrogen-bond donors (Lipinski definition) is 1. The van der Waals surface area contributed by atoms with Crippen molar-refractivity contribution in [2.24, 2.45) is 11.3 Å².